The van der Waals surface area contributed by atoms with Crippen molar-refractivity contribution in [3.05, 3.63) is 42.0 Å². The Morgan fingerprint density at radius 3 is 2.11 bits per heavy atom. The third-order valence-corrected chi connectivity index (χ3v) is 1.98. The van der Waals surface area contributed by atoms with E-state index in [2.05, 4.69) is 23.7 Å². The standard InChI is InChI=1S/C8H7NO4.C3H4O2S/c9-5-3-1-2-4(7(10)11)6(5)8(12)13;1-2-3(4)5-6/h1-3H,9H2,(H,10,11)(H,12,13);2,6H,1H2. The van der Waals surface area contributed by atoms with Crippen molar-refractivity contribution in [2.24, 2.45) is 0 Å². The molecule has 4 N–H and O–H groups in total. The molecule has 0 aromatic heterocycles. The van der Waals surface area contributed by atoms with Crippen LogP contribution in [-0.2, 0) is 8.98 Å². The molecule has 7 nitrogen and oxygen atoms in total. The molecular weight excluding hydrogens is 274 g/mol. The molecule has 1 aromatic rings. The van der Waals surface area contributed by atoms with Crippen molar-refractivity contribution in [3.63, 3.8) is 0 Å². The van der Waals surface area contributed by atoms with Gasteiger partial charge in [-0.05, 0) is 12.1 Å². The van der Waals surface area contributed by atoms with E-state index >= 15 is 0 Å². The number of hydrogen-bond acceptors (Lipinski definition) is 6. The molecule has 0 saturated carbocycles. The Morgan fingerprint density at radius 2 is 1.84 bits per heavy atom. The highest BCUT2D eigenvalue weighted by atomic mass is 32.1. The van der Waals surface area contributed by atoms with Gasteiger partial charge in [-0.3, -0.25) is 0 Å². The van der Waals surface area contributed by atoms with Crippen molar-refractivity contribution >= 4 is 36.5 Å². The molecule has 0 unspecified atom stereocenters. The SMILES string of the molecule is C=CC(=O)OS.Nc1cccc(C(=O)O)c1C(=O)O. The fourth-order valence-corrected chi connectivity index (χ4v) is 1.10. The number of carbonyl (C=O) groups excluding carboxylic acids is 1. The number of nitrogen functional groups attached to an aromatic ring is 1. The molecule has 0 amide bonds. The molecule has 0 aliphatic carbocycles. The van der Waals surface area contributed by atoms with Gasteiger partial charge in [0.1, 0.15) is 0 Å². The lowest BCUT2D eigenvalue weighted by atomic mass is 10.1. The Kier molecular flexibility index (Phi) is 6.76. The summed E-state index contributed by atoms with van der Waals surface area (Å²) in [4.78, 5) is 30.9. The summed E-state index contributed by atoms with van der Waals surface area (Å²) >= 11 is 3.17. The largest absolute Gasteiger partial charge is 0.478 e. The summed E-state index contributed by atoms with van der Waals surface area (Å²) in [5.41, 5.74) is 4.60. The molecule has 102 valence electrons. The smallest absolute Gasteiger partial charge is 0.341 e. The average molecular weight is 285 g/mol. The number of carbonyl (C=O) groups is 3. The topological polar surface area (TPSA) is 127 Å². The van der Waals surface area contributed by atoms with Crippen LogP contribution in [0, 0.1) is 0 Å². The summed E-state index contributed by atoms with van der Waals surface area (Å²) < 4.78 is 3.84. The maximum absolute atomic E-state index is 10.6. The number of thiol groups is 1. The van der Waals surface area contributed by atoms with Gasteiger partial charge < -0.3 is 20.1 Å². The minimum Gasteiger partial charge on any atom is -0.478 e. The van der Waals surface area contributed by atoms with Crippen LogP contribution in [0.4, 0.5) is 5.69 Å². The number of rotatable bonds is 3. The van der Waals surface area contributed by atoms with Crippen molar-refractivity contribution < 1.29 is 28.8 Å². The fraction of sp³-hybridized carbons (Fsp3) is 0. The molecule has 1 aromatic carbocycles. The van der Waals surface area contributed by atoms with Gasteiger partial charge in [0.05, 0.1) is 11.1 Å². The van der Waals surface area contributed by atoms with Gasteiger partial charge in [0.25, 0.3) is 0 Å². The van der Waals surface area contributed by atoms with E-state index in [0.29, 0.717) is 0 Å². The number of hydrogen-bond donors (Lipinski definition) is 4. The Balaban J connectivity index is 0.000000459. The van der Waals surface area contributed by atoms with E-state index in [1.807, 2.05) is 0 Å². The van der Waals surface area contributed by atoms with Crippen LogP contribution in [0.25, 0.3) is 0 Å². The molecule has 8 heteroatoms. The van der Waals surface area contributed by atoms with Gasteiger partial charge in [0.2, 0.25) is 0 Å². The van der Waals surface area contributed by atoms with Crippen molar-refractivity contribution in [2.45, 2.75) is 0 Å². The Hall–Kier alpha value is -2.48. The first-order valence-corrected chi connectivity index (χ1v) is 5.04. The minimum atomic E-state index is -1.34. The average Bonchev–Trinajstić information content (AvgIpc) is 2.37. The molecule has 19 heavy (non-hydrogen) atoms. The van der Waals surface area contributed by atoms with Crippen molar-refractivity contribution in [3.8, 4) is 0 Å². The number of benzene rings is 1. The first-order chi connectivity index (χ1) is 8.84. The molecule has 0 aliphatic rings. The molecular formula is C11H11NO6S. The maximum Gasteiger partial charge on any atom is 0.341 e. The van der Waals surface area contributed by atoms with Crippen LogP contribution in [0.15, 0.2) is 30.9 Å². The lowest BCUT2D eigenvalue weighted by molar-refractivity contribution is -0.127. The van der Waals surface area contributed by atoms with Gasteiger partial charge in [0.15, 0.2) is 0 Å². The van der Waals surface area contributed by atoms with Crippen LogP contribution < -0.4 is 5.73 Å². The molecule has 0 aliphatic heterocycles. The fourth-order valence-electron chi connectivity index (χ4n) is 1.02. The monoisotopic (exact) mass is 285 g/mol. The normalized spacial score (nSPS) is 8.68. The molecule has 0 spiro atoms. The number of aromatic carboxylic acids is 2. The van der Waals surface area contributed by atoms with Gasteiger partial charge in [-0.1, -0.05) is 12.6 Å². The minimum absolute atomic E-state index is 0.0487. The summed E-state index contributed by atoms with van der Waals surface area (Å²) in [5.74, 6) is -3.17. The third-order valence-electron chi connectivity index (χ3n) is 1.80. The highest BCUT2D eigenvalue weighted by molar-refractivity contribution is 7.75. The molecule has 0 heterocycles. The third kappa shape index (κ3) is 5.13. The lowest BCUT2D eigenvalue weighted by Crippen LogP contribution is -2.10. The van der Waals surface area contributed by atoms with Crippen LogP contribution in [-0.4, -0.2) is 28.1 Å². The van der Waals surface area contributed by atoms with Gasteiger partial charge in [-0.15, -0.1) is 0 Å². The van der Waals surface area contributed by atoms with E-state index in [1.165, 1.54) is 18.2 Å². The van der Waals surface area contributed by atoms with E-state index in [-0.39, 0.29) is 16.8 Å². The molecule has 1 rings (SSSR count). The van der Waals surface area contributed by atoms with E-state index in [0.717, 1.165) is 6.08 Å². The highest BCUT2D eigenvalue weighted by Gasteiger charge is 2.17. The van der Waals surface area contributed by atoms with Crippen LogP contribution in [0.5, 0.6) is 0 Å². The van der Waals surface area contributed by atoms with E-state index in [4.69, 9.17) is 15.9 Å². The number of carboxylic acid groups (broad SMARTS) is 2. The van der Waals surface area contributed by atoms with Gasteiger partial charge in [-0.2, -0.15) is 0 Å². The molecule has 0 bridgehead atoms. The van der Waals surface area contributed by atoms with Gasteiger partial charge in [0, 0.05) is 24.7 Å². The Labute approximate surface area is 113 Å². The van der Waals surface area contributed by atoms with Crippen LogP contribution in [0.2, 0.25) is 0 Å². The first kappa shape index (κ1) is 16.5. The van der Waals surface area contributed by atoms with Crippen molar-refractivity contribution in [2.75, 3.05) is 5.73 Å². The summed E-state index contributed by atoms with van der Waals surface area (Å²) in [7, 11) is 0. The van der Waals surface area contributed by atoms with E-state index < -0.39 is 17.9 Å². The van der Waals surface area contributed by atoms with Crippen LogP contribution in [0.1, 0.15) is 20.7 Å². The first-order valence-electron chi connectivity index (χ1n) is 4.68. The van der Waals surface area contributed by atoms with Crippen molar-refractivity contribution in [1.29, 1.82) is 0 Å². The van der Waals surface area contributed by atoms with Crippen LogP contribution in [0.3, 0.4) is 0 Å². The molecule has 0 saturated heterocycles. The maximum atomic E-state index is 10.6. The Bertz CT molecular complexity index is 514. The van der Waals surface area contributed by atoms with Crippen LogP contribution >= 0.6 is 12.9 Å². The number of nitrogens with two attached hydrogens (primary N) is 1. The number of anilines is 1. The highest BCUT2D eigenvalue weighted by Crippen LogP contribution is 2.16. The summed E-state index contributed by atoms with van der Waals surface area (Å²) in [5, 5.41) is 17.3. The molecule has 0 fully saturated rings. The van der Waals surface area contributed by atoms with E-state index in [1.54, 1.807) is 0 Å². The predicted octanol–water partition coefficient (Wildman–Crippen LogP) is 1.23. The molecule has 0 atom stereocenters. The summed E-state index contributed by atoms with van der Waals surface area (Å²) in [6.45, 7) is 3.11. The zero-order chi connectivity index (χ0) is 15.0. The zero-order valence-electron chi connectivity index (χ0n) is 9.57. The summed E-state index contributed by atoms with van der Waals surface area (Å²) in [6, 6.07) is 3.93. The van der Waals surface area contributed by atoms with Gasteiger partial charge >= 0.3 is 17.9 Å². The summed E-state index contributed by atoms with van der Waals surface area (Å²) in [6.07, 6.45) is 1.03. The second-order valence-electron chi connectivity index (χ2n) is 2.99. The second-order valence-corrected chi connectivity index (χ2v) is 3.18. The zero-order valence-corrected chi connectivity index (χ0v) is 10.5. The predicted molar refractivity (Wildman–Crippen MR) is 70.0 cm³/mol. The quantitative estimate of drug-likeness (QED) is 0.284. The Morgan fingerprint density at radius 1 is 1.26 bits per heavy atom. The van der Waals surface area contributed by atoms with E-state index in [9.17, 15) is 14.4 Å². The molecule has 0 radical (unpaired) electrons. The number of carboxylic acids is 2. The van der Waals surface area contributed by atoms with Gasteiger partial charge in [-0.25, -0.2) is 14.4 Å². The second kappa shape index (κ2) is 7.77. The lowest BCUT2D eigenvalue weighted by Gasteiger charge is -2.03. The van der Waals surface area contributed by atoms with Crippen molar-refractivity contribution in [1.82, 2.24) is 0 Å².